The van der Waals surface area contributed by atoms with Gasteiger partial charge in [0.2, 0.25) is 5.75 Å². The molecule has 0 aromatic heterocycles. The van der Waals surface area contributed by atoms with E-state index in [-0.39, 0.29) is 16.1 Å². The Bertz CT molecular complexity index is 416. The third kappa shape index (κ3) is 1.54. The van der Waals surface area contributed by atoms with Gasteiger partial charge in [-0.25, -0.2) is 0 Å². The van der Waals surface area contributed by atoms with Crippen LogP contribution < -0.4 is 0 Å². The summed E-state index contributed by atoms with van der Waals surface area (Å²) in [5.41, 5.74) is -0.577. The number of aldehydes is 1. The lowest BCUT2D eigenvalue weighted by Crippen LogP contribution is -1.96. The Morgan fingerprint density at radius 2 is 2.21 bits per heavy atom. The molecule has 0 atom stereocenters. The van der Waals surface area contributed by atoms with E-state index in [1.807, 2.05) is 0 Å². The van der Waals surface area contributed by atoms with Crippen molar-refractivity contribution >= 4 is 23.6 Å². The molecule has 1 rings (SSSR count). The van der Waals surface area contributed by atoms with Gasteiger partial charge in [0.15, 0.2) is 6.29 Å². The van der Waals surface area contributed by atoms with Gasteiger partial charge in [0.05, 0.1) is 15.5 Å². The number of halogens is 1. The number of hydrogen-bond acceptors (Lipinski definition) is 4. The van der Waals surface area contributed by atoms with E-state index in [1.54, 1.807) is 0 Å². The number of phenols is 1. The molecule has 0 aliphatic heterocycles. The van der Waals surface area contributed by atoms with Crippen molar-refractivity contribution in [3.63, 3.8) is 0 Å². The minimum atomic E-state index is -0.774. The van der Waals surface area contributed by atoms with Gasteiger partial charge in [0.1, 0.15) is 0 Å². The van der Waals surface area contributed by atoms with Crippen LogP contribution in [0.25, 0.3) is 0 Å². The summed E-state index contributed by atoms with van der Waals surface area (Å²) in [6, 6.07) is 1.19. The second-order valence-electron chi connectivity index (χ2n) is 2.64. The molecule has 14 heavy (non-hydrogen) atoms. The fourth-order valence-electron chi connectivity index (χ4n) is 1.05. The van der Waals surface area contributed by atoms with Crippen LogP contribution in [0.15, 0.2) is 6.07 Å². The molecule has 0 radical (unpaired) electrons. The predicted molar refractivity (Wildman–Crippen MR) is 49.9 cm³/mol. The highest BCUT2D eigenvalue weighted by molar-refractivity contribution is 6.32. The quantitative estimate of drug-likeness (QED) is 0.465. The van der Waals surface area contributed by atoms with Crippen molar-refractivity contribution in [2.45, 2.75) is 6.92 Å². The Hall–Kier alpha value is -1.62. The van der Waals surface area contributed by atoms with Crippen molar-refractivity contribution in [1.29, 1.82) is 0 Å². The van der Waals surface area contributed by atoms with Crippen LogP contribution in [-0.4, -0.2) is 16.3 Å². The second-order valence-corrected chi connectivity index (χ2v) is 3.05. The third-order valence-corrected chi connectivity index (χ3v) is 2.20. The number of hydrogen-bond donors (Lipinski definition) is 1. The molecule has 0 aliphatic carbocycles. The first-order valence-electron chi connectivity index (χ1n) is 3.60. The van der Waals surface area contributed by atoms with Crippen molar-refractivity contribution in [2.24, 2.45) is 0 Å². The van der Waals surface area contributed by atoms with E-state index in [0.29, 0.717) is 6.29 Å². The van der Waals surface area contributed by atoms with Gasteiger partial charge in [-0.15, -0.1) is 0 Å². The van der Waals surface area contributed by atoms with Crippen LogP contribution in [0.5, 0.6) is 5.75 Å². The third-order valence-electron chi connectivity index (χ3n) is 1.80. The van der Waals surface area contributed by atoms with Gasteiger partial charge in [-0.05, 0) is 13.0 Å². The maximum Gasteiger partial charge on any atom is 0.315 e. The highest BCUT2D eigenvalue weighted by Crippen LogP contribution is 2.36. The van der Waals surface area contributed by atoms with Gasteiger partial charge in [-0.2, -0.15) is 0 Å². The number of rotatable bonds is 2. The van der Waals surface area contributed by atoms with Gasteiger partial charge in [-0.1, -0.05) is 11.6 Å². The van der Waals surface area contributed by atoms with Gasteiger partial charge in [-0.3, -0.25) is 14.9 Å². The van der Waals surface area contributed by atoms with Crippen LogP contribution >= 0.6 is 11.6 Å². The number of aromatic hydroxyl groups is 1. The molecule has 0 bridgehead atoms. The van der Waals surface area contributed by atoms with Crippen LogP contribution in [0.2, 0.25) is 5.02 Å². The summed E-state index contributed by atoms with van der Waals surface area (Å²) in [6.45, 7) is 1.40. The molecule has 1 N–H and O–H groups in total. The Kier molecular flexibility index (Phi) is 2.71. The smallest absolute Gasteiger partial charge is 0.315 e. The van der Waals surface area contributed by atoms with Crippen molar-refractivity contribution < 1.29 is 14.8 Å². The standard InChI is InChI=1S/C8H6ClNO4/c1-4-6(9)2-5(3-11)8(12)7(4)10(13)14/h2-3,12H,1H3. The Morgan fingerprint density at radius 3 is 2.64 bits per heavy atom. The molecule has 0 saturated carbocycles. The zero-order valence-corrected chi connectivity index (χ0v) is 7.91. The van der Waals surface area contributed by atoms with E-state index in [0.717, 1.165) is 0 Å². The lowest BCUT2D eigenvalue weighted by atomic mass is 10.1. The van der Waals surface area contributed by atoms with Crippen LogP contribution in [-0.2, 0) is 0 Å². The van der Waals surface area contributed by atoms with Crippen molar-refractivity contribution in [1.82, 2.24) is 0 Å². The van der Waals surface area contributed by atoms with Crippen LogP contribution in [0, 0.1) is 17.0 Å². The zero-order chi connectivity index (χ0) is 10.9. The molecular weight excluding hydrogens is 210 g/mol. The van der Waals surface area contributed by atoms with E-state index >= 15 is 0 Å². The number of nitro benzene ring substituents is 1. The molecular formula is C8H6ClNO4. The molecule has 0 aliphatic rings. The molecule has 0 heterocycles. The molecule has 74 valence electrons. The summed E-state index contributed by atoms with van der Waals surface area (Å²) in [4.78, 5) is 20.2. The van der Waals surface area contributed by atoms with E-state index < -0.39 is 16.4 Å². The molecule has 0 saturated heterocycles. The minimum Gasteiger partial charge on any atom is -0.502 e. The zero-order valence-electron chi connectivity index (χ0n) is 7.15. The van der Waals surface area contributed by atoms with Gasteiger partial charge < -0.3 is 5.11 Å². The first-order valence-corrected chi connectivity index (χ1v) is 3.98. The largest absolute Gasteiger partial charge is 0.502 e. The van der Waals surface area contributed by atoms with Gasteiger partial charge >= 0.3 is 5.69 Å². The molecule has 5 nitrogen and oxygen atoms in total. The average molecular weight is 216 g/mol. The number of phenolic OH excluding ortho intramolecular Hbond substituents is 1. The fourth-order valence-corrected chi connectivity index (χ4v) is 1.26. The summed E-state index contributed by atoms with van der Waals surface area (Å²) >= 11 is 5.64. The molecule has 1 aromatic rings. The first kappa shape index (κ1) is 10.5. The lowest BCUT2D eigenvalue weighted by molar-refractivity contribution is -0.386. The number of carbonyl (C=O) groups is 1. The molecule has 0 amide bonds. The Balaban J connectivity index is 3.61. The molecule has 0 fully saturated rings. The lowest BCUT2D eigenvalue weighted by Gasteiger charge is -2.03. The summed E-state index contributed by atoms with van der Waals surface area (Å²) < 4.78 is 0. The van der Waals surface area contributed by atoms with E-state index in [9.17, 15) is 20.0 Å². The van der Waals surface area contributed by atoms with Crippen molar-refractivity contribution in [3.05, 3.63) is 32.3 Å². The van der Waals surface area contributed by atoms with E-state index in [1.165, 1.54) is 13.0 Å². The van der Waals surface area contributed by atoms with Crippen molar-refractivity contribution in [2.75, 3.05) is 0 Å². The van der Waals surface area contributed by atoms with E-state index in [4.69, 9.17) is 11.6 Å². The summed E-state index contributed by atoms with van der Waals surface area (Å²) in [6.07, 6.45) is 0.313. The van der Waals surface area contributed by atoms with Gasteiger partial charge in [0.25, 0.3) is 0 Å². The number of nitro groups is 1. The van der Waals surface area contributed by atoms with Crippen molar-refractivity contribution in [3.8, 4) is 5.75 Å². The number of benzene rings is 1. The Labute approximate surface area is 84.1 Å². The predicted octanol–water partition coefficient (Wildman–Crippen LogP) is 2.07. The molecule has 0 unspecified atom stereocenters. The minimum absolute atomic E-state index is 0.0802. The van der Waals surface area contributed by atoms with Crippen LogP contribution in [0.1, 0.15) is 15.9 Å². The highest BCUT2D eigenvalue weighted by atomic mass is 35.5. The topological polar surface area (TPSA) is 80.4 Å². The SMILES string of the molecule is Cc1c(Cl)cc(C=O)c(O)c1[N+](=O)[O-]. The van der Waals surface area contributed by atoms with E-state index in [2.05, 4.69) is 0 Å². The fraction of sp³-hybridized carbons (Fsp3) is 0.125. The molecule has 0 spiro atoms. The van der Waals surface area contributed by atoms with Crippen LogP contribution in [0.4, 0.5) is 5.69 Å². The average Bonchev–Trinajstić information content (AvgIpc) is 2.11. The second kappa shape index (κ2) is 3.63. The highest BCUT2D eigenvalue weighted by Gasteiger charge is 2.22. The summed E-state index contributed by atoms with van der Waals surface area (Å²) in [5, 5.41) is 19.9. The summed E-state index contributed by atoms with van der Waals surface area (Å²) in [5.74, 6) is -0.646. The molecule has 6 heteroatoms. The summed E-state index contributed by atoms with van der Waals surface area (Å²) in [7, 11) is 0. The monoisotopic (exact) mass is 215 g/mol. The Morgan fingerprint density at radius 1 is 1.64 bits per heavy atom. The maximum atomic E-state index is 10.5. The molecule has 1 aromatic carbocycles. The number of carbonyl (C=O) groups excluding carboxylic acids is 1. The maximum absolute atomic E-state index is 10.5. The number of nitrogens with zero attached hydrogens (tertiary/aromatic N) is 1. The normalized spacial score (nSPS) is 9.86. The van der Waals surface area contributed by atoms with Gasteiger partial charge in [0, 0.05) is 5.56 Å². The van der Waals surface area contributed by atoms with Crippen LogP contribution in [0.3, 0.4) is 0 Å². The first-order chi connectivity index (χ1) is 6.49.